The number of hydrogen-bond donors (Lipinski definition) is 2. The first-order valence-electron chi connectivity index (χ1n) is 3.28. The first kappa shape index (κ1) is 8.06. The van der Waals surface area contributed by atoms with Crippen LogP contribution < -0.4 is 10.5 Å². The molecule has 62 valence electrons. The third kappa shape index (κ3) is 1.70. The largest absolute Gasteiger partial charge is 0.407 e. The Kier molecular flexibility index (Phi) is 2.48. The van der Waals surface area contributed by atoms with E-state index >= 15 is 0 Å². The summed E-state index contributed by atoms with van der Waals surface area (Å²) in [6.45, 7) is 2.43. The van der Waals surface area contributed by atoms with Crippen molar-refractivity contribution in [2.45, 2.75) is 13.3 Å². The van der Waals surface area contributed by atoms with Gasteiger partial charge < -0.3 is 4.84 Å². The molecule has 0 saturated heterocycles. The Hall–Kier alpha value is -1.04. The number of aromatic nitrogens is 3. The van der Waals surface area contributed by atoms with Crippen LogP contribution in [0, 0.1) is 4.77 Å². The molecule has 0 fully saturated rings. The molecule has 1 rings (SSSR count). The molecule has 0 unspecified atom stereocenters. The van der Waals surface area contributed by atoms with E-state index in [1.54, 1.807) is 0 Å². The molecule has 1 aromatic heterocycles. The van der Waals surface area contributed by atoms with E-state index in [2.05, 4.69) is 10.2 Å². The van der Waals surface area contributed by atoms with Crippen LogP contribution in [-0.2, 0) is 0 Å². The van der Waals surface area contributed by atoms with E-state index in [9.17, 15) is 4.79 Å². The van der Waals surface area contributed by atoms with Crippen molar-refractivity contribution in [1.82, 2.24) is 14.9 Å². The number of nitrogens with zero attached hydrogens (tertiary/aromatic N) is 1. The Bertz CT molecular complexity index is 295. The second-order valence-corrected chi connectivity index (χ2v) is 2.37. The monoisotopic (exact) mass is 175 g/mol. The van der Waals surface area contributed by atoms with Crippen LogP contribution in [0.3, 0.4) is 0 Å². The predicted molar refractivity (Wildman–Crippen MR) is 42.0 cm³/mol. The summed E-state index contributed by atoms with van der Waals surface area (Å²) in [5.41, 5.74) is -0.372. The maximum atomic E-state index is 10.8. The van der Waals surface area contributed by atoms with Gasteiger partial charge in [-0.2, -0.15) is 0 Å². The number of H-pyrrole nitrogens is 2. The van der Waals surface area contributed by atoms with Gasteiger partial charge in [-0.3, -0.25) is 5.10 Å². The van der Waals surface area contributed by atoms with Gasteiger partial charge in [0, 0.05) is 0 Å². The zero-order chi connectivity index (χ0) is 8.27. The molecule has 11 heavy (non-hydrogen) atoms. The maximum absolute atomic E-state index is 10.8. The minimum atomic E-state index is -0.372. The Morgan fingerprint density at radius 2 is 2.36 bits per heavy atom. The number of hydrogen-bond acceptors (Lipinski definition) is 3. The Morgan fingerprint density at radius 1 is 1.64 bits per heavy atom. The van der Waals surface area contributed by atoms with Gasteiger partial charge in [-0.25, -0.2) is 9.89 Å². The Labute approximate surface area is 67.9 Å². The van der Waals surface area contributed by atoms with Gasteiger partial charge in [0.25, 0.3) is 0 Å². The molecule has 0 bridgehead atoms. The topological polar surface area (TPSA) is 62.8 Å². The van der Waals surface area contributed by atoms with Crippen molar-refractivity contribution in [2.75, 3.05) is 6.61 Å². The highest BCUT2D eigenvalue weighted by Gasteiger charge is 1.97. The molecule has 5 nitrogen and oxygen atoms in total. The maximum Gasteiger partial charge on any atom is 0.375 e. The molecule has 2 N–H and O–H groups in total. The summed E-state index contributed by atoms with van der Waals surface area (Å²) in [6, 6.07) is 0. The fourth-order valence-corrected chi connectivity index (χ4v) is 0.787. The fourth-order valence-electron chi connectivity index (χ4n) is 0.601. The minimum Gasteiger partial charge on any atom is -0.407 e. The van der Waals surface area contributed by atoms with Crippen LogP contribution in [-0.4, -0.2) is 21.5 Å². The predicted octanol–water partition coefficient (Wildman–Crippen LogP) is 0.0726. The minimum absolute atomic E-state index is 0.253. The van der Waals surface area contributed by atoms with E-state index in [1.165, 1.54) is 0 Å². The second-order valence-electron chi connectivity index (χ2n) is 1.99. The van der Waals surface area contributed by atoms with Crippen molar-refractivity contribution in [3.63, 3.8) is 0 Å². The summed E-state index contributed by atoms with van der Waals surface area (Å²) in [6.07, 6.45) is 0.840. The molecule has 6 heteroatoms. The lowest BCUT2D eigenvalue weighted by molar-refractivity contribution is 0.0995. The molecule has 0 aliphatic rings. The lowest BCUT2D eigenvalue weighted by atomic mass is 10.5. The average molecular weight is 175 g/mol. The van der Waals surface area contributed by atoms with Gasteiger partial charge in [-0.15, -0.1) is 0 Å². The summed E-state index contributed by atoms with van der Waals surface area (Å²) in [5, 5.41) is 4.76. The molecule has 1 aromatic rings. The smallest absolute Gasteiger partial charge is 0.375 e. The summed E-state index contributed by atoms with van der Waals surface area (Å²) in [4.78, 5) is 15.8. The van der Waals surface area contributed by atoms with Crippen molar-refractivity contribution in [1.29, 1.82) is 0 Å². The molecule has 0 aliphatic heterocycles. The zero-order valence-electron chi connectivity index (χ0n) is 6.09. The lowest BCUT2D eigenvalue weighted by Crippen LogP contribution is -2.25. The van der Waals surface area contributed by atoms with Gasteiger partial charge in [0.05, 0.1) is 0 Å². The van der Waals surface area contributed by atoms with E-state index in [0.29, 0.717) is 6.61 Å². The Balaban J connectivity index is 2.84. The van der Waals surface area contributed by atoms with E-state index in [-0.39, 0.29) is 10.5 Å². The molecule has 1 heterocycles. The number of nitrogens with one attached hydrogen (secondary N) is 2. The van der Waals surface area contributed by atoms with Crippen LogP contribution in [0.5, 0.6) is 0 Å². The average Bonchev–Trinajstić information content (AvgIpc) is 2.29. The molecule has 0 radical (unpaired) electrons. The van der Waals surface area contributed by atoms with Gasteiger partial charge in [0.2, 0.25) is 4.77 Å². The molecule has 0 amide bonds. The first-order chi connectivity index (χ1) is 5.25. The molecule has 0 aliphatic carbocycles. The van der Waals surface area contributed by atoms with Gasteiger partial charge in [0.1, 0.15) is 6.61 Å². The third-order valence-electron chi connectivity index (χ3n) is 1.07. The van der Waals surface area contributed by atoms with Crippen LogP contribution in [0.4, 0.5) is 0 Å². The van der Waals surface area contributed by atoms with Crippen molar-refractivity contribution in [2.24, 2.45) is 0 Å². The summed E-state index contributed by atoms with van der Waals surface area (Å²) < 4.78 is 1.28. The molecular formula is C5H9N3O2S. The van der Waals surface area contributed by atoms with Crippen molar-refractivity contribution in [3.8, 4) is 0 Å². The van der Waals surface area contributed by atoms with Gasteiger partial charge in [0.15, 0.2) is 0 Å². The summed E-state index contributed by atoms with van der Waals surface area (Å²) in [5.74, 6) is 0. The quantitative estimate of drug-likeness (QED) is 0.639. The molecule has 0 atom stereocenters. The number of rotatable bonds is 3. The third-order valence-corrected chi connectivity index (χ3v) is 1.34. The number of aromatic amines is 2. The standard InChI is InChI=1S/C5H9N3O2S/c1-2-3-10-8-4(9)6-7-5(8)11/h2-3H2,1H3,(H,6,9)(H,7,11). The van der Waals surface area contributed by atoms with Gasteiger partial charge in [-0.1, -0.05) is 11.7 Å². The van der Waals surface area contributed by atoms with Crippen molar-refractivity contribution in [3.05, 3.63) is 15.3 Å². The van der Waals surface area contributed by atoms with Crippen molar-refractivity contribution >= 4 is 12.2 Å². The van der Waals surface area contributed by atoms with Crippen LogP contribution in [0.1, 0.15) is 13.3 Å². The molecule has 0 saturated carbocycles. The van der Waals surface area contributed by atoms with Crippen LogP contribution >= 0.6 is 12.2 Å². The van der Waals surface area contributed by atoms with Crippen LogP contribution in [0.15, 0.2) is 4.79 Å². The normalized spacial score (nSPS) is 9.91. The van der Waals surface area contributed by atoms with Gasteiger partial charge in [-0.05, 0) is 18.6 Å². The second kappa shape index (κ2) is 3.38. The van der Waals surface area contributed by atoms with Crippen LogP contribution in [0.25, 0.3) is 0 Å². The highest BCUT2D eigenvalue weighted by molar-refractivity contribution is 7.71. The fraction of sp³-hybridized carbons (Fsp3) is 0.600. The SMILES string of the molecule is CCCOn1c(=O)[nH][nH]c1=S. The van der Waals surface area contributed by atoms with Gasteiger partial charge >= 0.3 is 5.69 Å². The van der Waals surface area contributed by atoms with E-state index in [4.69, 9.17) is 17.1 Å². The van der Waals surface area contributed by atoms with E-state index < -0.39 is 0 Å². The zero-order valence-corrected chi connectivity index (χ0v) is 6.90. The van der Waals surface area contributed by atoms with E-state index in [0.717, 1.165) is 11.2 Å². The highest BCUT2D eigenvalue weighted by atomic mass is 32.1. The summed E-state index contributed by atoms with van der Waals surface area (Å²) >= 11 is 4.74. The molecule has 0 spiro atoms. The molecule has 0 aromatic carbocycles. The van der Waals surface area contributed by atoms with Crippen molar-refractivity contribution < 1.29 is 4.84 Å². The Morgan fingerprint density at radius 3 is 2.82 bits per heavy atom. The highest BCUT2D eigenvalue weighted by Crippen LogP contribution is 1.78. The lowest BCUT2D eigenvalue weighted by Gasteiger charge is -1.99. The summed E-state index contributed by atoms with van der Waals surface area (Å²) in [7, 11) is 0. The molecular weight excluding hydrogens is 166 g/mol. The van der Waals surface area contributed by atoms with E-state index in [1.807, 2.05) is 6.92 Å². The van der Waals surface area contributed by atoms with Crippen LogP contribution in [0.2, 0.25) is 0 Å². The first-order valence-corrected chi connectivity index (χ1v) is 3.69.